The Labute approximate surface area is 90.7 Å². The molecule has 0 aliphatic carbocycles. The van der Waals surface area contributed by atoms with E-state index in [0.717, 1.165) is 4.90 Å². The second-order valence-corrected chi connectivity index (χ2v) is 3.35. The van der Waals surface area contributed by atoms with Gasteiger partial charge in [0.2, 0.25) is 0 Å². The lowest BCUT2D eigenvalue weighted by Crippen LogP contribution is -2.25. The van der Waals surface area contributed by atoms with Crippen LogP contribution in [0.15, 0.2) is 12.1 Å². The average molecular weight is 236 g/mol. The van der Waals surface area contributed by atoms with Gasteiger partial charge in [-0.2, -0.15) is 0 Å². The molecule has 2 N–H and O–H groups in total. The maximum Gasteiger partial charge on any atom is 0.255 e. The van der Waals surface area contributed by atoms with Gasteiger partial charge in [-0.15, -0.1) is 0 Å². The van der Waals surface area contributed by atoms with Crippen LogP contribution >= 0.6 is 0 Å². The van der Waals surface area contributed by atoms with Gasteiger partial charge in [-0.1, -0.05) is 6.07 Å². The third kappa shape index (κ3) is 2.63. The second kappa shape index (κ2) is 5.16. The number of hydrogen-bond donors (Lipinski definition) is 1. The number of anilines is 1. The zero-order valence-electron chi connectivity index (χ0n) is 8.68. The van der Waals surface area contributed by atoms with Crippen LogP contribution in [0, 0.1) is 11.6 Å². The summed E-state index contributed by atoms with van der Waals surface area (Å²) in [5.41, 5.74) is 5.01. The first-order chi connectivity index (χ1) is 7.47. The maximum atomic E-state index is 13.4. The van der Waals surface area contributed by atoms with Gasteiger partial charge in [-0.3, -0.25) is 0 Å². The fraction of sp³-hybridized carbons (Fsp3) is 0.400. The van der Waals surface area contributed by atoms with Crippen LogP contribution in [0.5, 0.6) is 0 Å². The molecule has 0 radical (unpaired) electrons. The fourth-order valence-corrected chi connectivity index (χ4v) is 1.34. The van der Waals surface area contributed by atoms with Crippen molar-refractivity contribution in [2.24, 2.45) is 5.73 Å². The molecule has 1 rings (SSSR count). The molecule has 0 heterocycles. The van der Waals surface area contributed by atoms with Gasteiger partial charge in [0, 0.05) is 19.2 Å². The van der Waals surface area contributed by atoms with Gasteiger partial charge in [0.15, 0.2) is 11.6 Å². The Hall–Kier alpha value is -1.30. The highest BCUT2D eigenvalue weighted by molar-refractivity contribution is 5.49. The van der Waals surface area contributed by atoms with E-state index in [0.29, 0.717) is 0 Å². The standard InChI is InChI=1S/C10H12F4N2/c1-16(5-8(11)12)7-3-2-6(4-15)9(13)10(7)14/h2-3,8H,4-5,15H2,1H3. The van der Waals surface area contributed by atoms with Crippen molar-refractivity contribution in [1.82, 2.24) is 0 Å². The van der Waals surface area contributed by atoms with E-state index in [4.69, 9.17) is 5.73 Å². The number of hydrogen-bond acceptors (Lipinski definition) is 2. The van der Waals surface area contributed by atoms with Crippen molar-refractivity contribution in [3.8, 4) is 0 Å². The number of rotatable bonds is 4. The third-order valence-electron chi connectivity index (χ3n) is 2.18. The summed E-state index contributed by atoms with van der Waals surface area (Å²) in [6.45, 7) is -0.792. The molecule has 1 aromatic carbocycles. The lowest BCUT2D eigenvalue weighted by atomic mass is 10.1. The third-order valence-corrected chi connectivity index (χ3v) is 2.18. The van der Waals surface area contributed by atoms with E-state index in [1.807, 2.05) is 0 Å². The summed E-state index contributed by atoms with van der Waals surface area (Å²) >= 11 is 0. The molecular weight excluding hydrogens is 224 g/mol. The SMILES string of the molecule is CN(CC(F)F)c1ccc(CN)c(F)c1F. The van der Waals surface area contributed by atoms with Crippen LogP contribution in [0.4, 0.5) is 23.2 Å². The second-order valence-electron chi connectivity index (χ2n) is 3.35. The van der Waals surface area contributed by atoms with Gasteiger partial charge in [0.1, 0.15) is 0 Å². The summed E-state index contributed by atoms with van der Waals surface area (Å²) in [5, 5.41) is 0. The quantitative estimate of drug-likeness (QED) is 0.811. The van der Waals surface area contributed by atoms with Gasteiger partial charge in [-0.25, -0.2) is 17.6 Å². The Balaban J connectivity index is 3.02. The zero-order chi connectivity index (χ0) is 12.3. The van der Waals surface area contributed by atoms with Gasteiger partial charge in [-0.05, 0) is 6.07 Å². The van der Waals surface area contributed by atoms with Gasteiger partial charge < -0.3 is 10.6 Å². The molecule has 1 aromatic rings. The molecule has 16 heavy (non-hydrogen) atoms. The van der Waals surface area contributed by atoms with Crippen LogP contribution < -0.4 is 10.6 Å². The zero-order valence-corrected chi connectivity index (χ0v) is 8.68. The van der Waals surface area contributed by atoms with Crippen molar-refractivity contribution in [2.75, 3.05) is 18.5 Å². The highest BCUT2D eigenvalue weighted by Crippen LogP contribution is 2.23. The number of halogens is 4. The molecule has 0 saturated heterocycles. The van der Waals surface area contributed by atoms with E-state index in [9.17, 15) is 17.6 Å². The molecular formula is C10H12F4N2. The van der Waals surface area contributed by atoms with Gasteiger partial charge in [0.05, 0.1) is 12.2 Å². The van der Waals surface area contributed by atoms with E-state index < -0.39 is 24.6 Å². The van der Waals surface area contributed by atoms with E-state index in [-0.39, 0.29) is 17.8 Å². The Morgan fingerprint density at radius 2 is 1.88 bits per heavy atom. The molecule has 0 fully saturated rings. The summed E-state index contributed by atoms with van der Waals surface area (Å²) < 4.78 is 50.9. The first-order valence-corrected chi connectivity index (χ1v) is 4.63. The number of nitrogens with two attached hydrogens (primary N) is 1. The van der Waals surface area contributed by atoms with E-state index in [2.05, 4.69) is 0 Å². The molecule has 2 nitrogen and oxygen atoms in total. The molecule has 0 saturated carbocycles. The Morgan fingerprint density at radius 1 is 1.25 bits per heavy atom. The van der Waals surface area contributed by atoms with Crippen LogP contribution in [0.3, 0.4) is 0 Å². The van der Waals surface area contributed by atoms with E-state index in [1.54, 1.807) is 0 Å². The molecule has 0 bridgehead atoms. The maximum absolute atomic E-state index is 13.4. The highest BCUT2D eigenvalue weighted by Gasteiger charge is 2.17. The lowest BCUT2D eigenvalue weighted by Gasteiger charge is -2.20. The van der Waals surface area contributed by atoms with Gasteiger partial charge >= 0.3 is 0 Å². The minimum Gasteiger partial charge on any atom is -0.366 e. The predicted molar refractivity (Wildman–Crippen MR) is 53.5 cm³/mol. The van der Waals surface area contributed by atoms with Crippen molar-refractivity contribution < 1.29 is 17.6 Å². The van der Waals surface area contributed by atoms with Gasteiger partial charge in [0.25, 0.3) is 6.43 Å². The van der Waals surface area contributed by atoms with Crippen molar-refractivity contribution in [1.29, 1.82) is 0 Å². The van der Waals surface area contributed by atoms with Crippen LogP contribution in [0.25, 0.3) is 0 Å². The molecule has 90 valence electrons. The molecule has 0 aliphatic rings. The molecule has 0 atom stereocenters. The minimum absolute atomic E-state index is 0.0201. The molecule has 6 heteroatoms. The molecule has 0 amide bonds. The summed E-state index contributed by atoms with van der Waals surface area (Å²) in [6.07, 6.45) is -2.61. The summed E-state index contributed by atoms with van der Waals surface area (Å²) in [4.78, 5) is 0.962. The van der Waals surface area contributed by atoms with Crippen molar-refractivity contribution in [2.45, 2.75) is 13.0 Å². The summed E-state index contributed by atoms with van der Waals surface area (Å²) in [5.74, 6) is -2.23. The number of alkyl halides is 2. The first-order valence-electron chi connectivity index (χ1n) is 4.63. The molecule has 0 unspecified atom stereocenters. The smallest absolute Gasteiger partial charge is 0.255 e. The molecule has 0 aromatic heterocycles. The van der Waals surface area contributed by atoms with Crippen LogP contribution in [-0.2, 0) is 6.54 Å². The lowest BCUT2D eigenvalue weighted by molar-refractivity contribution is 0.156. The molecule has 0 spiro atoms. The van der Waals surface area contributed by atoms with Crippen LogP contribution in [0.2, 0.25) is 0 Å². The topological polar surface area (TPSA) is 29.3 Å². The van der Waals surface area contributed by atoms with Crippen LogP contribution in [-0.4, -0.2) is 20.0 Å². The largest absolute Gasteiger partial charge is 0.366 e. The Bertz CT molecular complexity index is 368. The number of benzene rings is 1. The van der Waals surface area contributed by atoms with Crippen molar-refractivity contribution in [3.05, 3.63) is 29.3 Å². The summed E-state index contributed by atoms with van der Waals surface area (Å²) in [6, 6.07) is 2.53. The summed E-state index contributed by atoms with van der Waals surface area (Å²) in [7, 11) is 1.27. The first kappa shape index (κ1) is 12.8. The monoisotopic (exact) mass is 236 g/mol. The minimum atomic E-state index is -2.61. The normalized spacial score (nSPS) is 10.9. The fourth-order valence-electron chi connectivity index (χ4n) is 1.34. The predicted octanol–water partition coefficient (Wildman–Crippen LogP) is 2.12. The Morgan fingerprint density at radius 3 is 2.38 bits per heavy atom. The van der Waals surface area contributed by atoms with Crippen molar-refractivity contribution in [3.63, 3.8) is 0 Å². The Kier molecular flexibility index (Phi) is 4.12. The van der Waals surface area contributed by atoms with E-state index in [1.165, 1.54) is 19.2 Å². The number of nitrogens with zero attached hydrogens (tertiary/aromatic N) is 1. The highest BCUT2D eigenvalue weighted by atomic mass is 19.3. The van der Waals surface area contributed by atoms with E-state index >= 15 is 0 Å². The van der Waals surface area contributed by atoms with Crippen molar-refractivity contribution >= 4 is 5.69 Å². The van der Waals surface area contributed by atoms with Crippen LogP contribution in [0.1, 0.15) is 5.56 Å². The molecule has 0 aliphatic heterocycles. The average Bonchev–Trinajstić information content (AvgIpc) is 2.20.